The summed E-state index contributed by atoms with van der Waals surface area (Å²) < 4.78 is 0. The Morgan fingerprint density at radius 1 is 1.12 bits per heavy atom. The zero-order chi connectivity index (χ0) is 12.4. The van der Waals surface area contributed by atoms with Crippen molar-refractivity contribution in [3.05, 3.63) is 24.3 Å². The molecule has 0 heterocycles. The first-order valence-corrected chi connectivity index (χ1v) is 6.80. The third-order valence-corrected chi connectivity index (χ3v) is 2.70. The largest absolute Gasteiger partial charge is 0.0914 e. The summed E-state index contributed by atoms with van der Waals surface area (Å²) in [5, 5.41) is 0. The van der Waals surface area contributed by atoms with Gasteiger partial charge >= 0.3 is 0 Å². The quantitative estimate of drug-likeness (QED) is 0.380. The van der Waals surface area contributed by atoms with E-state index >= 15 is 0 Å². The van der Waals surface area contributed by atoms with Crippen molar-refractivity contribution in [1.29, 1.82) is 0 Å². The molecule has 0 amide bonds. The fourth-order valence-corrected chi connectivity index (χ4v) is 1.82. The van der Waals surface area contributed by atoms with E-state index in [-0.39, 0.29) is 0 Å². The lowest BCUT2D eigenvalue weighted by Crippen LogP contribution is -2.00. The van der Waals surface area contributed by atoms with Gasteiger partial charge < -0.3 is 0 Å². The molecular formula is C16H30. The molecule has 0 radical (unpaired) electrons. The Labute approximate surface area is 103 Å². The Kier molecular flexibility index (Phi) is 8.33. The van der Waals surface area contributed by atoms with Gasteiger partial charge in [-0.15, -0.1) is 0 Å². The van der Waals surface area contributed by atoms with E-state index in [4.69, 9.17) is 0 Å². The Morgan fingerprint density at radius 2 is 1.81 bits per heavy atom. The van der Waals surface area contributed by atoms with Crippen LogP contribution in [0.2, 0.25) is 0 Å². The molecule has 0 rings (SSSR count). The average Bonchev–Trinajstić information content (AvgIpc) is 2.16. The Morgan fingerprint density at radius 3 is 2.31 bits per heavy atom. The summed E-state index contributed by atoms with van der Waals surface area (Å²) in [5.74, 6) is 0.746. The molecule has 0 spiro atoms. The van der Waals surface area contributed by atoms with Crippen molar-refractivity contribution in [3.8, 4) is 0 Å². The van der Waals surface area contributed by atoms with Crippen molar-refractivity contribution in [2.45, 2.75) is 66.7 Å². The SMILES string of the molecule is CC=CC(CC=CC(C)(C)C)CCCCC. The molecule has 0 nitrogen and oxygen atoms in total. The third-order valence-electron chi connectivity index (χ3n) is 2.70. The van der Waals surface area contributed by atoms with Gasteiger partial charge in [-0.05, 0) is 31.1 Å². The highest BCUT2D eigenvalue weighted by Gasteiger charge is 2.05. The summed E-state index contributed by atoms with van der Waals surface area (Å²) in [6.07, 6.45) is 15.9. The van der Waals surface area contributed by atoms with E-state index in [9.17, 15) is 0 Å². The molecule has 0 aliphatic heterocycles. The van der Waals surface area contributed by atoms with Gasteiger partial charge in [0.05, 0.1) is 0 Å². The van der Waals surface area contributed by atoms with Gasteiger partial charge in [-0.3, -0.25) is 0 Å². The minimum atomic E-state index is 0.323. The highest BCUT2D eigenvalue weighted by Crippen LogP contribution is 2.19. The molecule has 16 heavy (non-hydrogen) atoms. The fraction of sp³-hybridized carbons (Fsp3) is 0.750. The first kappa shape index (κ1) is 15.5. The van der Waals surface area contributed by atoms with Gasteiger partial charge in [-0.25, -0.2) is 0 Å². The molecule has 0 aliphatic carbocycles. The van der Waals surface area contributed by atoms with Crippen LogP contribution in [0.4, 0.5) is 0 Å². The van der Waals surface area contributed by atoms with Crippen LogP contribution in [0.15, 0.2) is 24.3 Å². The zero-order valence-electron chi connectivity index (χ0n) is 11.9. The van der Waals surface area contributed by atoms with Crippen LogP contribution in [0.5, 0.6) is 0 Å². The molecule has 0 saturated carbocycles. The molecule has 94 valence electrons. The number of hydrogen-bond acceptors (Lipinski definition) is 0. The van der Waals surface area contributed by atoms with E-state index in [2.05, 4.69) is 58.9 Å². The summed E-state index contributed by atoms with van der Waals surface area (Å²) in [6, 6.07) is 0. The standard InChI is InChI=1S/C16H30/c1-6-8-9-12-15(11-7-2)13-10-14-16(3,4)5/h7,10-11,14-15H,6,8-9,12-13H2,1-5H3. The van der Waals surface area contributed by atoms with Gasteiger partial charge in [0.2, 0.25) is 0 Å². The molecule has 0 aromatic rings. The van der Waals surface area contributed by atoms with E-state index < -0.39 is 0 Å². The molecule has 0 N–H and O–H groups in total. The van der Waals surface area contributed by atoms with Crippen LogP contribution in [0.1, 0.15) is 66.7 Å². The Balaban J connectivity index is 3.98. The summed E-state index contributed by atoms with van der Waals surface area (Å²) in [5.41, 5.74) is 0.323. The average molecular weight is 222 g/mol. The molecule has 0 saturated heterocycles. The van der Waals surface area contributed by atoms with Crippen molar-refractivity contribution >= 4 is 0 Å². The molecule has 1 unspecified atom stereocenters. The van der Waals surface area contributed by atoms with Gasteiger partial charge in [0.1, 0.15) is 0 Å². The van der Waals surface area contributed by atoms with Crippen LogP contribution in [-0.2, 0) is 0 Å². The van der Waals surface area contributed by atoms with Crippen molar-refractivity contribution in [2.75, 3.05) is 0 Å². The highest BCUT2D eigenvalue weighted by molar-refractivity contribution is 4.96. The van der Waals surface area contributed by atoms with Gasteiger partial charge in [0, 0.05) is 0 Å². The Bertz CT molecular complexity index is 203. The summed E-state index contributed by atoms with van der Waals surface area (Å²) >= 11 is 0. The van der Waals surface area contributed by atoms with E-state index in [1.54, 1.807) is 0 Å². The van der Waals surface area contributed by atoms with Crippen molar-refractivity contribution < 1.29 is 0 Å². The molecule has 0 heteroatoms. The number of hydrogen-bond donors (Lipinski definition) is 0. The van der Waals surface area contributed by atoms with Crippen LogP contribution in [0.3, 0.4) is 0 Å². The second kappa shape index (κ2) is 8.61. The minimum absolute atomic E-state index is 0.323. The van der Waals surface area contributed by atoms with E-state index in [1.165, 1.54) is 32.1 Å². The molecular weight excluding hydrogens is 192 g/mol. The molecule has 0 fully saturated rings. The van der Waals surface area contributed by atoms with Crippen LogP contribution in [-0.4, -0.2) is 0 Å². The highest BCUT2D eigenvalue weighted by atomic mass is 14.1. The number of allylic oxidation sites excluding steroid dienone is 4. The first-order valence-electron chi connectivity index (χ1n) is 6.80. The van der Waals surface area contributed by atoms with Crippen LogP contribution in [0.25, 0.3) is 0 Å². The summed E-state index contributed by atoms with van der Waals surface area (Å²) in [4.78, 5) is 0. The number of rotatable bonds is 7. The lowest BCUT2D eigenvalue weighted by Gasteiger charge is -2.13. The third kappa shape index (κ3) is 10.0. The van der Waals surface area contributed by atoms with Gasteiger partial charge in [-0.1, -0.05) is 71.3 Å². The predicted octanol–water partition coefficient (Wildman–Crippen LogP) is 5.75. The van der Waals surface area contributed by atoms with Crippen molar-refractivity contribution in [1.82, 2.24) is 0 Å². The van der Waals surface area contributed by atoms with Gasteiger partial charge in [-0.2, -0.15) is 0 Å². The smallest absolute Gasteiger partial charge is 0.0199 e. The second-order valence-corrected chi connectivity index (χ2v) is 5.79. The maximum absolute atomic E-state index is 2.36. The number of unbranched alkanes of at least 4 members (excludes halogenated alkanes) is 2. The van der Waals surface area contributed by atoms with E-state index in [0.717, 1.165) is 5.92 Å². The van der Waals surface area contributed by atoms with Crippen LogP contribution >= 0.6 is 0 Å². The first-order chi connectivity index (χ1) is 7.49. The lowest BCUT2D eigenvalue weighted by molar-refractivity contribution is 0.524. The minimum Gasteiger partial charge on any atom is -0.0914 e. The fourth-order valence-electron chi connectivity index (χ4n) is 1.82. The molecule has 1 atom stereocenters. The molecule has 0 aromatic carbocycles. The summed E-state index contributed by atoms with van der Waals surface area (Å²) in [7, 11) is 0. The van der Waals surface area contributed by atoms with Crippen molar-refractivity contribution in [3.63, 3.8) is 0 Å². The van der Waals surface area contributed by atoms with E-state index in [0.29, 0.717) is 5.41 Å². The van der Waals surface area contributed by atoms with Gasteiger partial charge in [0.15, 0.2) is 0 Å². The topological polar surface area (TPSA) is 0 Å². The van der Waals surface area contributed by atoms with Gasteiger partial charge in [0.25, 0.3) is 0 Å². The normalized spacial score (nSPS) is 15.1. The lowest BCUT2D eigenvalue weighted by atomic mass is 9.92. The second-order valence-electron chi connectivity index (χ2n) is 5.79. The maximum atomic E-state index is 2.36. The molecule has 0 aromatic heterocycles. The van der Waals surface area contributed by atoms with Crippen molar-refractivity contribution in [2.24, 2.45) is 11.3 Å². The van der Waals surface area contributed by atoms with E-state index in [1.807, 2.05) is 0 Å². The molecule has 0 aliphatic rings. The Hall–Kier alpha value is -0.520. The summed E-state index contributed by atoms with van der Waals surface area (Å²) in [6.45, 7) is 11.2. The monoisotopic (exact) mass is 222 g/mol. The zero-order valence-corrected chi connectivity index (χ0v) is 11.9. The maximum Gasteiger partial charge on any atom is -0.0199 e. The van der Waals surface area contributed by atoms with Crippen LogP contribution in [0, 0.1) is 11.3 Å². The predicted molar refractivity (Wildman–Crippen MR) is 75.7 cm³/mol. The van der Waals surface area contributed by atoms with Crippen LogP contribution < -0.4 is 0 Å². The molecule has 0 bridgehead atoms.